The maximum Gasteiger partial charge on any atom is 0.258 e. The molecule has 20 heavy (non-hydrogen) atoms. The second-order valence-corrected chi connectivity index (χ2v) is 3.90. The molecule has 2 rings (SSSR count). The molecule has 0 fully saturated rings. The van der Waals surface area contributed by atoms with E-state index in [0.29, 0.717) is 17.3 Å². The third-order valence-electron chi connectivity index (χ3n) is 2.57. The summed E-state index contributed by atoms with van der Waals surface area (Å²) in [5, 5.41) is 2.36. The Hall–Kier alpha value is -2.74. The minimum Gasteiger partial charge on any atom is -0.322 e. The first-order valence-corrected chi connectivity index (χ1v) is 5.54. The minimum atomic E-state index is -1.69. The molecule has 0 unspecified atom stereocenters. The van der Waals surface area contributed by atoms with Gasteiger partial charge in [-0.1, -0.05) is 12.0 Å². The Morgan fingerprint density at radius 1 is 1.10 bits per heavy atom. The summed E-state index contributed by atoms with van der Waals surface area (Å²) >= 11 is 0. The smallest absolute Gasteiger partial charge is 0.258 e. The topological polar surface area (TPSA) is 29.1 Å². The third kappa shape index (κ3) is 2.64. The zero-order valence-corrected chi connectivity index (χ0v) is 10.1. The molecule has 0 aliphatic rings. The number of carbonyl (C=O) groups is 1. The summed E-state index contributed by atoms with van der Waals surface area (Å²) in [6, 6.07) is 7.84. The Morgan fingerprint density at radius 3 is 2.55 bits per heavy atom. The number of rotatable bonds is 2. The van der Waals surface area contributed by atoms with Crippen LogP contribution < -0.4 is 5.32 Å². The van der Waals surface area contributed by atoms with Crippen LogP contribution in [-0.4, -0.2) is 5.91 Å². The van der Waals surface area contributed by atoms with Crippen LogP contribution in [0.2, 0.25) is 0 Å². The lowest BCUT2D eigenvalue weighted by Crippen LogP contribution is -2.15. The van der Waals surface area contributed by atoms with Crippen molar-refractivity contribution in [2.24, 2.45) is 0 Å². The summed E-state index contributed by atoms with van der Waals surface area (Å²) < 4.78 is 39.3. The van der Waals surface area contributed by atoms with Gasteiger partial charge in [-0.25, -0.2) is 13.2 Å². The standard InChI is InChI=1S/C15H8F3NO/c1-2-9-4-3-5-10(8-9)19-15(20)11-6-7-12(16)14(18)13(11)17/h1,3-8H,(H,19,20). The molecule has 1 amide bonds. The molecule has 0 atom stereocenters. The van der Waals surface area contributed by atoms with Gasteiger partial charge in [-0.05, 0) is 30.3 Å². The average Bonchev–Trinajstić information content (AvgIpc) is 2.45. The van der Waals surface area contributed by atoms with E-state index in [1.54, 1.807) is 12.1 Å². The molecule has 2 aromatic carbocycles. The quantitative estimate of drug-likeness (QED) is 0.661. The normalized spacial score (nSPS) is 9.90. The number of hydrogen-bond acceptors (Lipinski definition) is 1. The lowest BCUT2D eigenvalue weighted by Gasteiger charge is -2.07. The maximum atomic E-state index is 13.5. The van der Waals surface area contributed by atoms with E-state index in [1.807, 2.05) is 0 Å². The van der Waals surface area contributed by atoms with Crippen molar-refractivity contribution in [3.05, 3.63) is 65.0 Å². The molecule has 0 spiro atoms. The molecule has 2 nitrogen and oxygen atoms in total. The van der Waals surface area contributed by atoms with E-state index in [-0.39, 0.29) is 0 Å². The molecule has 0 aromatic heterocycles. The van der Waals surface area contributed by atoms with Gasteiger partial charge >= 0.3 is 0 Å². The van der Waals surface area contributed by atoms with Crippen LogP contribution in [0.5, 0.6) is 0 Å². The third-order valence-corrected chi connectivity index (χ3v) is 2.57. The fourth-order valence-corrected chi connectivity index (χ4v) is 1.59. The van der Waals surface area contributed by atoms with Crippen molar-refractivity contribution in [3.63, 3.8) is 0 Å². The lowest BCUT2D eigenvalue weighted by molar-refractivity contribution is 0.102. The van der Waals surface area contributed by atoms with Crippen molar-refractivity contribution in [3.8, 4) is 12.3 Å². The second-order valence-electron chi connectivity index (χ2n) is 3.90. The molecular weight excluding hydrogens is 267 g/mol. The van der Waals surface area contributed by atoms with Crippen molar-refractivity contribution >= 4 is 11.6 Å². The molecule has 5 heteroatoms. The minimum absolute atomic E-state index is 0.328. The van der Waals surface area contributed by atoms with Crippen molar-refractivity contribution in [2.75, 3.05) is 5.32 Å². The van der Waals surface area contributed by atoms with Crippen LogP contribution in [0.3, 0.4) is 0 Å². The van der Waals surface area contributed by atoms with Gasteiger partial charge in [-0.15, -0.1) is 6.42 Å². The summed E-state index contributed by atoms with van der Waals surface area (Å²) in [5.41, 5.74) is 0.262. The molecule has 0 saturated heterocycles. The Morgan fingerprint density at radius 2 is 1.85 bits per heavy atom. The monoisotopic (exact) mass is 275 g/mol. The molecule has 100 valence electrons. The fourth-order valence-electron chi connectivity index (χ4n) is 1.59. The molecule has 0 heterocycles. The van der Waals surface area contributed by atoms with Gasteiger partial charge in [0.15, 0.2) is 17.5 Å². The first kappa shape index (κ1) is 13.7. The summed E-state index contributed by atoms with van der Waals surface area (Å²) in [7, 11) is 0. The van der Waals surface area contributed by atoms with E-state index >= 15 is 0 Å². The van der Waals surface area contributed by atoms with E-state index < -0.39 is 28.9 Å². The van der Waals surface area contributed by atoms with Crippen molar-refractivity contribution < 1.29 is 18.0 Å². The van der Waals surface area contributed by atoms with E-state index in [4.69, 9.17) is 6.42 Å². The number of terminal acetylenes is 1. The van der Waals surface area contributed by atoms with Crippen LogP contribution in [0.4, 0.5) is 18.9 Å². The zero-order valence-electron chi connectivity index (χ0n) is 10.1. The van der Waals surface area contributed by atoms with Crippen LogP contribution in [0.15, 0.2) is 36.4 Å². The molecule has 0 bridgehead atoms. The zero-order chi connectivity index (χ0) is 14.7. The fraction of sp³-hybridized carbons (Fsp3) is 0. The second kappa shape index (κ2) is 5.49. The van der Waals surface area contributed by atoms with Crippen LogP contribution in [0.1, 0.15) is 15.9 Å². The van der Waals surface area contributed by atoms with Gasteiger partial charge in [0.05, 0.1) is 5.56 Å². The van der Waals surface area contributed by atoms with E-state index in [2.05, 4.69) is 11.2 Å². The number of nitrogens with one attached hydrogen (secondary N) is 1. The Kier molecular flexibility index (Phi) is 3.76. The van der Waals surface area contributed by atoms with Crippen LogP contribution >= 0.6 is 0 Å². The highest BCUT2D eigenvalue weighted by Gasteiger charge is 2.18. The summed E-state index contributed by atoms with van der Waals surface area (Å²) in [4.78, 5) is 11.8. The Bertz CT molecular complexity index is 720. The molecule has 0 aliphatic carbocycles. The Labute approximate surface area is 113 Å². The van der Waals surface area contributed by atoms with Gasteiger partial charge in [0, 0.05) is 11.3 Å². The van der Waals surface area contributed by atoms with E-state index in [9.17, 15) is 18.0 Å². The van der Waals surface area contributed by atoms with Gasteiger partial charge in [0.1, 0.15) is 0 Å². The number of halogens is 3. The van der Waals surface area contributed by atoms with Crippen molar-refractivity contribution in [2.45, 2.75) is 0 Å². The predicted molar refractivity (Wildman–Crippen MR) is 68.6 cm³/mol. The van der Waals surface area contributed by atoms with Crippen LogP contribution in [0, 0.1) is 29.8 Å². The summed E-state index contributed by atoms with van der Waals surface area (Å²) in [5.74, 6) is -3.09. The molecule has 2 aromatic rings. The molecule has 1 N–H and O–H groups in total. The van der Waals surface area contributed by atoms with Gasteiger partial charge in [0.25, 0.3) is 5.91 Å². The molecule has 0 saturated carbocycles. The van der Waals surface area contributed by atoms with E-state index in [1.165, 1.54) is 12.1 Å². The number of anilines is 1. The lowest BCUT2D eigenvalue weighted by atomic mass is 10.1. The van der Waals surface area contributed by atoms with Crippen LogP contribution in [-0.2, 0) is 0 Å². The molecule has 0 aliphatic heterocycles. The highest BCUT2D eigenvalue weighted by molar-refractivity contribution is 6.04. The predicted octanol–water partition coefficient (Wildman–Crippen LogP) is 3.34. The molecular formula is C15H8F3NO. The van der Waals surface area contributed by atoms with Crippen LogP contribution in [0.25, 0.3) is 0 Å². The summed E-state index contributed by atoms with van der Waals surface area (Å²) in [6.45, 7) is 0. The van der Waals surface area contributed by atoms with Crippen molar-refractivity contribution in [1.82, 2.24) is 0 Å². The van der Waals surface area contributed by atoms with Crippen molar-refractivity contribution in [1.29, 1.82) is 0 Å². The number of carbonyl (C=O) groups excluding carboxylic acids is 1. The number of hydrogen-bond donors (Lipinski definition) is 1. The first-order chi connectivity index (χ1) is 9.52. The number of benzene rings is 2. The van der Waals surface area contributed by atoms with Gasteiger partial charge in [-0.3, -0.25) is 4.79 Å². The largest absolute Gasteiger partial charge is 0.322 e. The van der Waals surface area contributed by atoms with Gasteiger partial charge in [0.2, 0.25) is 0 Å². The van der Waals surface area contributed by atoms with Gasteiger partial charge in [-0.2, -0.15) is 0 Å². The first-order valence-electron chi connectivity index (χ1n) is 5.54. The summed E-state index contributed by atoms with van der Waals surface area (Å²) in [6.07, 6.45) is 5.21. The highest BCUT2D eigenvalue weighted by Crippen LogP contribution is 2.17. The average molecular weight is 275 g/mol. The Balaban J connectivity index is 2.29. The maximum absolute atomic E-state index is 13.5. The number of amides is 1. The highest BCUT2D eigenvalue weighted by atomic mass is 19.2. The van der Waals surface area contributed by atoms with Gasteiger partial charge < -0.3 is 5.32 Å². The SMILES string of the molecule is C#Cc1cccc(NC(=O)c2ccc(F)c(F)c2F)c1. The van der Waals surface area contributed by atoms with E-state index in [0.717, 1.165) is 6.07 Å². The molecule has 0 radical (unpaired) electrons.